The minimum atomic E-state index is -4.82. The Labute approximate surface area is 176 Å². The SMILES string of the molecule is CN1CC=C(c2ccc3nncc(NCc4cc(N)cc(C(F)(F)F)c4F)c3c2)CC1. The second-order valence-electron chi connectivity index (χ2n) is 7.62. The lowest BCUT2D eigenvalue weighted by Gasteiger charge is -2.22. The van der Waals surface area contributed by atoms with Crippen molar-refractivity contribution in [2.24, 2.45) is 0 Å². The summed E-state index contributed by atoms with van der Waals surface area (Å²) in [6.07, 6.45) is -0.259. The molecule has 3 N–H and O–H groups in total. The molecular formula is C22H21F4N5. The number of rotatable bonds is 4. The van der Waals surface area contributed by atoms with Crippen molar-refractivity contribution in [3.05, 3.63) is 65.1 Å². The zero-order valence-corrected chi connectivity index (χ0v) is 16.8. The predicted octanol–water partition coefficient (Wildman–Crippen LogP) is 4.70. The van der Waals surface area contributed by atoms with Crippen molar-refractivity contribution in [2.45, 2.75) is 19.1 Å². The molecule has 0 fully saturated rings. The van der Waals surface area contributed by atoms with Crippen molar-refractivity contribution in [1.82, 2.24) is 15.1 Å². The third kappa shape index (κ3) is 4.46. The molecule has 5 nitrogen and oxygen atoms in total. The van der Waals surface area contributed by atoms with Crippen LogP contribution in [-0.4, -0.2) is 35.2 Å². The highest BCUT2D eigenvalue weighted by atomic mass is 19.4. The van der Waals surface area contributed by atoms with Gasteiger partial charge in [0.05, 0.1) is 23.0 Å². The van der Waals surface area contributed by atoms with E-state index in [1.54, 1.807) is 0 Å². The van der Waals surface area contributed by atoms with Crippen LogP contribution in [0.4, 0.5) is 28.9 Å². The fourth-order valence-corrected chi connectivity index (χ4v) is 3.67. The smallest absolute Gasteiger partial charge is 0.399 e. The summed E-state index contributed by atoms with van der Waals surface area (Å²) in [5.41, 5.74) is 7.32. The van der Waals surface area contributed by atoms with E-state index < -0.39 is 17.6 Å². The molecule has 0 radical (unpaired) electrons. The second-order valence-corrected chi connectivity index (χ2v) is 7.62. The largest absolute Gasteiger partial charge is 0.419 e. The number of alkyl halides is 3. The Hall–Kier alpha value is -3.20. The molecule has 1 aromatic heterocycles. The van der Waals surface area contributed by atoms with Gasteiger partial charge in [0.2, 0.25) is 0 Å². The lowest BCUT2D eigenvalue weighted by Crippen LogP contribution is -2.23. The summed E-state index contributed by atoms with van der Waals surface area (Å²) in [4.78, 5) is 2.22. The molecule has 31 heavy (non-hydrogen) atoms. The summed E-state index contributed by atoms with van der Waals surface area (Å²) >= 11 is 0. The Morgan fingerprint density at radius 3 is 2.71 bits per heavy atom. The average Bonchev–Trinajstić information content (AvgIpc) is 2.73. The molecule has 2 aromatic carbocycles. The minimum Gasteiger partial charge on any atom is -0.399 e. The van der Waals surface area contributed by atoms with Crippen LogP contribution in [0.5, 0.6) is 0 Å². The van der Waals surface area contributed by atoms with Gasteiger partial charge in [0.1, 0.15) is 5.82 Å². The molecule has 2 heterocycles. The Kier molecular flexibility index (Phi) is 5.53. The quantitative estimate of drug-likeness (QED) is 0.463. The van der Waals surface area contributed by atoms with Crippen molar-refractivity contribution in [3.63, 3.8) is 0 Å². The third-order valence-corrected chi connectivity index (χ3v) is 5.37. The number of nitrogens with two attached hydrogens (primary N) is 1. The van der Waals surface area contributed by atoms with Crippen LogP contribution in [0, 0.1) is 5.82 Å². The maximum Gasteiger partial charge on any atom is 0.419 e. The summed E-state index contributed by atoms with van der Waals surface area (Å²) in [6.45, 7) is 1.64. The van der Waals surface area contributed by atoms with E-state index in [0.29, 0.717) is 17.3 Å². The molecule has 0 aliphatic carbocycles. The fraction of sp³-hybridized carbons (Fsp3) is 0.273. The molecule has 0 saturated carbocycles. The van der Waals surface area contributed by atoms with Crippen molar-refractivity contribution in [2.75, 3.05) is 31.2 Å². The summed E-state index contributed by atoms with van der Waals surface area (Å²) < 4.78 is 53.7. The van der Waals surface area contributed by atoms with Crippen LogP contribution in [0.3, 0.4) is 0 Å². The first-order chi connectivity index (χ1) is 14.7. The number of halogens is 4. The van der Waals surface area contributed by atoms with Gasteiger partial charge in [0, 0.05) is 36.3 Å². The molecule has 1 aliphatic rings. The highest BCUT2D eigenvalue weighted by Crippen LogP contribution is 2.35. The molecule has 9 heteroatoms. The summed E-state index contributed by atoms with van der Waals surface area (Å²) in [5, 5.41) is 11.8. The highest BCUT2D eigenvalue weighted by Gasteiger charge is 2.35. The number of nitrogens with zero attached hydrogens (tertiary/aromatic N) is 3. The topological polar surface area (TPSA) is 67.1 Å². The van der Waals surface area contributed by atoms with Crippen molar-refractivity contribution in [3.8, 4) is 0 Å². The van der Waals surface area contributed by atoms with E-state index in [1.807, 2.05) is 18.2 Å². The van der Waals surface area contributed by atoms with Gasteiger partial charge < -0.3 is 16.0 Å². The molecule has 0 atom stereocenters. The minimum absolute atomic E-state index is 0.153. The predicted molar refractivity (Wildman–Crippen MR) is 113 cm³/mol. The molecule has 0 amide bonds. The van der Waals surface area contributed by atoms with Crippen LogP contribution in [0.1, 0.15) is 23.1 Å². The third-order valence-electron chi connectivity index (χ3n) is 5.37. The molecular weight excluding hydrogens is 410 g/mol. The van der Waals surface area contributed by atoms with Gasteiger partial charge >= 0.3 is 6.18 Å². The number of aromatic nitrogens is 2. The molecule has 1 aliphatic heterocycles. The number of likely N-dealkylation sites (N-methyl/N-ethyl adjacent to an activating group) is 1. The number of nitrogen functional groups attached to an aromatic ring is 1. The number of nitrogens with one attached hydrogen (secondary N) is 1. The van der Waals surface area contributed by atoms with Crippen LogP contribution >= 0.6 is 0 Å². The van der Waals surface area contributed by atoms with Crippen LogP contribution in [0.15, 0.2) is 42.6 Å². The van der Waals surface area contributed by atoms with E-state index >= 15 is 0 Å². The van der Waals surface area contributed by atoms with Crippen LogP contribution in [-0.2, 0) is 12.7 Å². The van der Waals surface area contributed by atoms with E-state index in [-0.39, 0.29) is 17.8 Å². The fourth-order valence-electron chi connectivity index (χ4n) is 3.67. The average molecular weight is 431 g/mol. The maximum absolute atomic E-state index is 14.4. The number of benzene rings is 2. The van der Waals surface area contributed by atoms with Gasteiger partial charge in [-0.3, -0.25) is 0 Å². The summed E-state index contributed by atoms with van der Waals surface area (Å²) in [5.74, 6) is -1.34. The van der Waals surface area contributed by atoms with Gasteiger partial charge in [-0.15, -0.1) is 0 Å². The monoisotopic (exact) mass is 431 g/mol. The first-order valence-electron chi connectivity index (χ1n) is 9.75. The van der Waals surface area contributed by atoms with Gasteiger partial charge in [0.25, 0.3) is 0 Å². The zero-order valence-electron chi connectivity index (χ0n) is 16.8. The first kappa shape index (κ1) is 21.0. The molecule has 0 spiro atoms. The standard InChI is InChI=1S/C22H21F4N5/c1-31-6-4-13(5-7-31)14-2-3-19-17(9-14)20(12-29-30-19)28-11-15-8-16(27)10-18(21(15)23)22(24,25)26/h2-4,8-10,12H,5-7,11,27H2,1H3,(H,28,30). The molecule has 4 rings (SSSR count). The Morgan fingerprint density at radius 2 is 2.00 bits per heavy atom. The molecule has 0 bridgehead atoms. The number of hydrogen-bond acceptors (Lipinski definition) is 5. The maximum atomic E-state index is 14.4. The zero-order chi connectivity index (χ0) is 22.2. The second kappa shape index (κ2) is 8.14. The normalized spacial score (nSPS) is 15.2. The van der Waals surface area contributed by atoms with Crippen molar-refractivity contribution >= 4 is 27.9 Å². The Balaban J connectivity index is 1.65. The van der Waals surface area contributed by atoms with E-state index in [2.05, 4.69) is 33.5 Å². The lowest BCUT2D eigenvalue weighted by molar-refractivity contribution is -0.140. The van der Waals surface area contributed by atoms with E-state index in [0.717, 1.165) is 30.5 Å². The molecule has 0 saturated heterocycles. The van der Waals surface area contributed by atoms with Gasteiger partial charge in [-0.05, 0) is 48.9 Å². The number of hydrogen-bond donors (Lipinski definition) is 2. The van der Waals surface area contributed by atoms with Gasteiger partial charge in [-0.1, -0.05) is 12.1 Å². The molecule has 3 aromatic rings. The van der Waals surface area contributed by atoms with Crippen LogP contribution in [0.25, 0.3) is 16.5 Å². The first-order valence-corrected chi connectivity index (χ1v) is 9.75. The van der Waals surface area contributed by atoms with Gasteiger partial charge in [-0.25, -0.2) is 4.39 Å². The molecule has 162 valence electrons. The van der Waals surface area contributed by atoms with Gasteiger partial charge in [0.15, 0.2) is 0 Å². The Bertz CT molecular complexity index is 1160. The summed E-state index contributed by atoms with van der Waals surface area (Å²) in [7, 11) is 2.06. The van der Waals surface area contributed by atoms with E-state index in [1.165, 1.54) is 17.8 Å². The number of fused-ring (bicyclic) bond motifs is 1. The lowest BCUT2D eigenvalue weighted by atomic mass is 9.98. The van der Waals surface area contributed by atoms with Crippen LogP contribution in [0.2, 0.25) is 0 Å². The van der Waals surface area contributed by atoms with E-state index in [9.17, 15) is 17.6 Å². The number of anilines is 2. The Morgan fingerprint density at radius 1 is 1.19 bits per heavy atom. The van der Waals surface area contributed by atoms with E-state index in [4.69, 9.17) is 5.73 Å². The molecule has 0 unspecified atom stereocenters. The van der Waals surface area contributed by atoms with Crippen molar-refractivity contribution < 1.29 is 17.6 Å². The van der Waals surface area contributed by atoms with Gasteiger partial charge in [-0.2, -0.15) is 23.4 Å². The summed E-state index contributed by atoms with van der Waals surface area (Å²) in [6, 6.07) is 7.60. The van der Waals surface area contributed by atoms with Crippen molar-refractivity contribution in [1.29, 1.82) is 0 Å². The van der Waals surface area contributed by atoms with Crippen LogP contribution < -0.4 is 11.1 Å². The highest BCUT2D eigenvalue weighted by molar-refractivity contribution is 5.93.